The number of aromatic hydroxyl groups is 1. The largest absolute Gasteiger partial charge is 0.508 e. The summed E-state index contributed by atoms with van der Waals surface area (Å²) in [5, 5.41) is 10.6. The van der Waals surface area contributed by atoms with E-state index in [0.29, 0.717) is 5.75 Å². The second kappa shape index (κ2) is 7.69. The zero-order valence-electron chi connectivity index (χ0n) is 15.0. The Balaban J connectivity index is 1.52. The molecule has 2 heterocycles. The number of phenols is 1. The summed E-state index contributed by atoms with van der Waals surface area (Å²) in [6.07, 6.45) is 1.10. The van der Waals surface area contributed by atoms with Crippen molar-refractivity contribution >= 4 is 34.7 Å². The van der Waals surface area contributed by atoms with Gasteiger partial charge in [-0.05, 0) is 56.4 Å². The molecule has 0 aromatic heterocycles. The highest BCUT2D eigenvalue weighted by molar-refractivity contribution is 7.99. The lowest BCUT2D eigenvalue weighted by Gasteiger charge is -2.35. The Labute approximate surface area is 164 Å². The van der Waals surface area contributed by atoms with E-state index < -0.39 is 0 Å². The molecule has 2 aromatic rings. The van der Waals surface area contributed by atoms with Gasteiger partial charge in [-0.1, -0.05) is 23.4 Å². The van der Waals surface area contributed by atoms with Crippen LogP contribution in [0.2, 0.25) is 5.02 Å². The molecule has 1 N–H and O–H groups in total. The Morgan fingerprint density at radius 1 is 0.962 bits per heavy atom. The number of nitrogens with zero attached hydrogens (tertiary/aromatic N) is 3. The molecule has 2 aromatic carbocycles. The number of piperazine rings is 1. The number of halogens is 1. The number of benzene rings is 2. The van der Waals surface area contributed by atoms with Crippen LogP contribution in [-0.2, 0) is 0 Å². The summed E-state index contributed by atoms with van der Waals surface area (Å²) in [4.78, 5) is 9.57. The fourth-order valence-electron chi connectivity index (χ4n) is 3.61. The van der Waals surface area contributed by atoms with Crippen LogP contribution in [-0.4, -0.2) is 61.2 Å². The predicted molar refractivity (Wildman–Crippen MR) is 109 cm³/mol. The van der Waals surface area contributed by atoms with E-state index in [1.807, 2.05) is 18.2 Å². The third-order valence-corrected chi connectivity index (χ3v) is 6.46. The number of hydrogen-bond acceptors (Lipinski definition) is 5. The van der Waals surface area contributed by atoms with Crippen molar-refractivity contribution in [3.8, 4) is 5.75 Å². The third kappa shape index (κ3) is 3.81. The number of fused-ring (bicyclic) bond motifs is 2. The second-order valence-corrected chi connectivity index (χ2v) is 8.54. The van der Waals surface area contributed by atoms with Crippen LogP contribution in [0.25, 0.3) is 0 Å². The highest BCUT2D eigenvalue weighted by Gasteiger charge is 2.24. The summed E-state index contributed by atoms with van der Waals surface area (Å²) >= 11 is 7.97. The third-order valence-electron chi connectivity index (χ3n) is 5.12. The van der Waals surface area contributed by atoms with Gasteiger partial charge in [-0.3, -0.25) is 0 Å². The zero-order valence-corrected chi connectivity index (χ0v) is 16.6. The molecule has 138 valence electrons. The standard InChI is InChI=1S/C20H24ClN3OS/c1-22-9-11-23(12-10-22)7-2-8-24-17-5-4-16(25)14-20(17)26-19-6-3-15(21)13-18(19)24/h3-6,13-14,25H,2,7-12H2,1H3. The van der Waals surface area contributed by atoms with Crippen LogP contribution in [0.5, 0.6) is 5.75 Å². The second-order valence-electron chi connectivity index (χ2n) is 7.02. The molecule has 0 unspecified atom stereocenters. The van der Waals surface area contributed by atoms with Crippen LogP contribution in [0.1, 0.15) is 6.42 Å². The molecule has 1 saturated heterocycles. The number of anilines is 2. The monoisotopic (exact) mass is 389 g/mol. The van der Waals surface area contributed by atoms with Gasteiger partial charge in [0, 0.05) is 47.5 Å². The summed E-state index contributed by atoms with van der Waals surface area (Å²) < 4.78 is 0. The minimum atomic E-state index is 0.311. The van der Waals surface area contributed by atoms with Gasteiger partial charge in [-0.15, -0.1) is 0 Å². The van der Waals surface area contributed by atoms with E-state index >= 15 is 0 Å². The average molecular weight is 390 g/mol. The average Bonchev–Trinajstić information content (AvgIpc) is 2.63. The van der Waals surface area contributed by atoms with E-state index in [4.69, 9.17) is 11.6 Å². The van der Waals surface area contributed by atoms with Gasteiger partial charge in [0.2, 0.25) is 0 Å². The molecule has 0 radical (unpaired) electrons. The molecule has 2 aliphatic rings. The molecule has 6 heteroatoms. The molecule has 0 spiro atoms. The first kappa shape index (κ1) is 18.0. The topological polar surface area (TPSA) is 30.0 Å². The molecule has 2 aliphatic heterocycles. The Kier molecular flexibility index (Phi) is 5.32. The summed E-state index contributed by atoms with van der Waals surface area (Å²) in [6.45, 7) is 6.67. The lowest BCUT2D eigenvalue weighted by Crippen LogP contribution is -2.45. The van der Waals surface area contributed by atoms with Crippen LogP contribution in [0.4, 0.5) is 11.4 Å². The molecule has 0 aliphatic carbocycles. The lowest BCUT2D eigenvalue weighted by molar-refractivity contribution is 0.153. The molecule has 0 bridgehead atoms. The predicted octanol–water partition coefficient (Wildman–Crippen LogP) is 4.29. The van der Waals surface area contributed by atoms with Gasteiger partial charge >= 0.3 is 0 Å². The van der Waals surface area contributed by atoms with E-state index in [-0.39, 0.29) is 0 Å². The van der Waals surface area contributed by atoms with E-state index in [1.165, 1.54) is 10.6 Å². The quantitative estimate of drug-likeness (QED) is 0.842. The van der Waals surface area contributed by atoms with Crippen LogP contribution < -0.4 is 4.90 Å². The van der Waals surface area contributed by atoms with E-state index in [0.717, 1.165) is 61.3 Å². The Bertz CT molecular complexity index is 793. The molecule has 1 fully saturated rings. The summed E-state index contributed by atoms with van der Waals surface area (Å²) in [5.41, 5.74) is 2.32. The Morgan fingerprint density at radius 2 is 1.77 bits per heavy atom. The zero-order chi connectivity index (χ0) is 18.1. The van der Waals surface area contributed by atoms with Crippen molar-refractivity contribution < 1.29 is 5.11 Å². The van der Waals surface area contributed by atoms with E-state index in [1.54, 1.807) is 17.8 Å². The molecule has 0 atom stereocenters. The number of likely N-dealkylation sites (N-methyl/N-ethyl adjacent to an activating group) is 1. The van der Waals surface area contributed by atoms with E-state index in [9.17, 15) is 5.11 Å². The minimum Gasteiger partial charge on any atom is -0.508 e. The summed E-state index contributed by atoms with van der Waals surface area (Å²) in [5.74, 6) is 0.311. The Morgan fingerprint density at radius 3 is 2.58 bits per heavy atom. The molecule has 0 saturated carbocycles. The minimum absolute atomic E-state index is 0.311. The molecule has 0 amide bonds. The van der Waals surface area contributed by atoms with Gasteiger partial charge in [0.05, 0.1) is 11.4 Å². The van der Waals surface area contributed by atoms with Crippen molar-refractivity contribution in [1.82, 2.24) is 9.80 Å². The van der Waals surface area contributed by atoms with Crippen LogP contribution in [0.15, 0.2) is 46.2 Å². The van der Waals surface area contributed by atoms with Crippen molar-refractivity contribution in [2.75, 3.05) is 51.2 Å². The number of phenolic OH excluding ortho intramolecular Hbond substituents is 1. The van der Waals surface area contributed by atoms with Crippen molar-refractivity contribution in [2.24, 2.45) is 0 Å². The summed E-state index contributed by atoms with van der Waals surface area (Å²) in [6, 6.07) is 11.7. The highest BCUT2D eigenvalue weighted by Crippen LogP contribution is 2.49. The maximum atomic E-state index is 9.87. The lowest BCUT2D eigenvalue weighted by atomic mass is 10.2. The van der Waals surface area contributed by atoms with Crippen molar-refractivity contribution in [1.29, 1.82) is 0 Å². The van der Waals surface area contributed by atoms with Gasteiger partial charge in [-0.2, -0.15) is 0 Å². The van der Waals surface area contributed by atoms with Crippen molar-refractivity contribution in [3.05, 3.63) is 41.4 Å². The first-order valence-electron chi connectivity index (χ1n) is 9.09. The molecular weight excluding hydrogens is 366 g/mol. The van der Waals surface area contributed by atoms with Gasteiger partial charge in [0.15, 0.2) is 0 Å². The van der Waals surface area contributed by atoms with Crippen LogP contribution in [0, 0.1) is 0 Å². The first-order chi connectivity index (χ1) is 12.6. The fraction of sp³-hybridized carbons (Fsp3) is 0.400. The van der Waals surface area contributed by atoms with Crippen LogP contribution in [0.3, 0.4) is 0 Å². The maximum absolute atomic E-state index is 9.87. The van der Waals surface area contributed by atoms with E-state index in [2.05, 4.69) is 33.9 Å². The van der Waals surface area contributed by atoms with Gasteiger partial charge in [-0.25, -0.2) is 0 Å². The molecule has 26 heavy (non-hydrogen) atoms. The fourth-order valence-corrected chi connectivity index (χ4v) is 4.88. The highest BCUT2D eigenvalue weighted by atomic mass is 35.5. The normalized spacial score (nSPS) is 17.8. The van der Waals surface area contributed by atoms with Gasteiger partial charge in [0.25, 0.3) is 0 Å². The number of rotatable bonds is 4. The molecular formula is C20H24ClN3OS. The van der Waals surface area contributed by atoms with Gasteiger partial charge in [0.1, 0.15) is 5.75 Å². The molecule has 4 rings (SSSR count). The van der Waals surface area contributed by atoms with Crippen molar-refractivity contribution in [3.63, 3.8) is 0 Å². The first-order valence-corrected chi connectivity index (χ1v) is 10.3. The smallest absolute Gasteiger partial charge is 0.116 e. The number of hydrogen-bond donors (Lipinski definition) is 1. The van der Waals surface area contributed by atoms with Crippen LogP contribution >= 0.6 is 23.4 Å². The SMILES string of the molecule is CN1CCN(CCCN2c3ccc(O)cc3Sc3ccc(Cl)cc32)CC1. The maximum Gasteiger partial charge on any atom is 0.116 e. The summed E-state index contributed by atoms with van der Waals surface area (Å²) in [7, 11) is 2.19. The molecule has 4 nitrogen and oxygen atoms in total. The Hall–Kier alpha value is -1.40. The van der Waals surface area contributed by atoms with Gasteiger partial charge < -0.3 is 19.8 Å². The van der Waals surface area contributed by atoms with Crippen molar-refractivity contribution in [2.45, 2.75) is 16.2 Å².